The van der Waals surface area contributed by atoms with Crippen molar-refractivity contribution in [3.05, 3.63) is 12.2 Å². The molecule has 1 heterocycles. The smallest absolute Gasteiger partial charge is 0.249 e. The fourth-order valence-corrected chi connectivity index (χ4v) is 10.3. The highest BCUT2D eigenvalue weighted by Gasteiger charge is 2.44. The van der Waals surface area contributed by atoms with Gasteiger partial charge in [-0.2, -0.15) is 0 Å². The number of hydrogen-bond donors (Lipinski definition) is 8. The molecule has 9 atom stereocenters. The van der Waals surface area contributed by atoms with Crippen LogP contribution in [0.15, 0.2) is 12.2 Å². The van der Waals surface area contributed by atoms with Gasteiger partial charge in [0.1, 0.15) is 36.6 Å². The van der Waals surface area contributed by atoms with Crippen LogP contribution in [0, 0.1) is 0 Å². The summed E-state index contributed by atoms with van der Waals surface area (Å²) in [4.78, 5) is 13.2. The predicted molar refractivity (Wildman–Crippen MR) is 298 cm³/mol. The molecule has 9 unspecified atom stereocenters. The molecule has 0 aromatic carbocycles. The van der Waals surface area contributed by atoms with Gasteiger partial charge in [-0.15, -0.1) is 0 Å². The molecule has 8 N–H and O–H groups in total. The third kappa shape index (κ3) is 38.4. The van der Waals surface area contributed by atoms with Crippen LogP contribution in [0.5, 0.6) is 0 Å². The van der Waals surface area contributed by atoms with Crippen molar-refractivity contribution in [3.63, 3.8) is 0 Å². The van der Waals surface area contributed by atoms with Crippen molar-refractivity contribution in [1.29, 1.82) is 0 Å². The van der Waals surface area contributed by atoms with Crippen LogP contribution < -0.4 is 5.32 Å². The summed E-state index contributed by atoms with van der Waals surface area (Å²) in [6.45, 7) is 3.48. The van der Waals surface area contributed by atoms with E-state index < -0.39 is 74.2 Å². The summed E-state index contributed by atoms with van der Waals surface area (Å²) < 4.78 is 11.1. The second-order valence-electron chi connectivity index (χ2n) is 22.1. The number of aliphatic hydroxyl groups excluding tert-OH is 7. The zero-order valence-corrected chi connectivity index (χ0v) is 46.9. The lowest BCUT2D eigenvalue weighted by Gasteiger charge is -2.40. The van der Waals surface area contributed by atoms with Gasteiger partial charge in [-0.25, -0.2) is 0 Å². The topological polar surface area (TPSA) is 189 Å². The lowest BCUT2D eigenvalue weighted by atomic mass is 9.98. The van der Waals surface area contributed by atoms with Crippen molar-refractivity contribution >= 4 is 5.91 Å². The summed E-state index contributed by atoms with van der Waals surface area (Å²) in [6, 6.07) is -1.18. The molecule has 1 fully saturated rings. The summed E-state index contributed by atoms with van der Waals surface area (Å²) in [5.41, 5.74) is 0. The molecule has 0 radical (unpaired) electrons. The van der Waals surface area contributed by atoms with Crippen molar-refractivity contribution in [2.75, 3.05) is 13.2 Å². The van der Waals surface area contributed by atoms with Gasteiger partial charge in [-0.3, -0.25) is 4.79 Å². The number of allylic oxidation sites excluding steroid dienone is 2. The largest absolute Gasteiger partial charge is 0.394 e. The molecular weight excluding hydrogens is 907 g/mol. The summed E-state index contributed by atoms with van der Waals surface area (Å²) in [5.74, 6) is -0.700. The highest BCUT2D eigenvalue weighted by molar-refractivity contribution is 5.80. The minimum atomic E-state index is -1.67. The van der Waals surface area contributed by atoms with Crippen molar-refractivity contribution < 1.29 is 50.0 Å². The van der Waals surface area contributed by atoms with Crippen LogP contribution in [0.3, 0.4) is 0 Å². The van der Waals surface area contributed by atoms with E-state index in [0.29, 0.717) is 12.8 Å². The van der Waals surface area contributed by atoms with Crippen molar-refractivity contribution in [2.24, 2.45) is 0 Å². The first kappa shape index (κ1) is 68.9. The Labute approximate surface area is 442 Å². The molecule has 11 heteroatoms. The molecule has 0 aromatic rings. The first-order chi connectivity index (χ1) is 35.2. The van der Waals surface area contributed by atoms with E-state index in [2.05, 4.69) is 31.3 Å². The van der Waals surface area contributed by atoms with Gasteiger partial charge in [0, 0.05) is 0 Å². The summed E-state index contributed by atoms with van der Waals surface area (Å²) in [5, 5.41) is 76.2. The van der Waals surface area contributed by atoms with Crippen LogP contribution in [0.25, 0.3) is 0 Å². The molecule has 72 heavy (non-hydrogen) atoms. The molecular formula is C61H119NO10. The first-order valence-electron chi connectivity index (χ1n) is 31.1. The highest BCUT2D eigenvalue weighted by Crippen LogP contribution is 2.24. The normalized spacial score (nSPS) is 20.0. The molecule has 0 saturated carbocycles. The Hall–Kier alpha value is -1.15. The minimum absolute atomic E-state index is 0.259. The number of nitrogens with one attached hydrogen (secondary N) is 1. The third-order valence-corrected chi connectivity index (χ3v) is 15.3. The maximum absolute atomic E-state index is 13.2. The van der Waals surface area contributed by atoms with Gasteiger partial charge in [0.15, 0.2) is 6.29 Å². The van der Waals surface area contributed by atoms with E-state index in [0.717, 1.165) is 38.5 Å². The van der Waals surface area contributed by atoms with E-state index in [-0.39, 0.29) is 12.8 Å². The molecule has 1 saturated heterocycles. The number of carbonyl (C=O) groups excluding carboxylic acids is 1. The molecule has 0 spiro atoms. The van der Waals surface area contributed by atoms with Crippen molar-refractivity contribution in [1.82, 2.24) is 5.32 Å². The fourth-order valence-electron chi connectivity index (χ4n) is 10.3. The summed E-state index contributed by atoms with van der Waals surface area (Å²) in [7, 11) is 0. The molecule has 1 aliphatic rings. The molecule has 0 bridgehead atoms. The van der Waals surface area contributed by atoms with Gasteiger partial charge in [0.25, 0.3) is 0 Å². The van der Waals surface area contributed by atoms with E-state index >= 15 is 0 Å². The van der Waals surface area contributed by atoms with Crippen molar-refractivity contribution in [2.45, 2.75) is 358 Å². The predicted octanol–water partition coefficient (Wildman–Crippen LogP) is 13.5. The minimum Gasteiger partial charge on any atom is -0.394 e. The van der Waals surface area contributed by atoms with Gasteiger partial charge < -0.3 is 50.5 Å². The zero-order chi connectivity index (χ0) is 52.5. The number of amides is 1. The fraction of sp³-hybridized carbons (Fsp3) is 0.951. The maximum atomic E-state index is 13.2. The SMILES string of the molecule is CCCCCCCCCCCCCCCCCCCCCCCCC/C=C/CCCC(O)C(O)C(COC1OC(CO)C(O)C(O)C1O)NC(=O)C(O)CCCCCCCCCCCCCCCCCCC. The summed E-state index contributed by atoms with van der Waals surface area (Å²) >= 11 is 0. The van der Waals surface area contributed by atoms with E-state index in [1.165, 1.54) is 225 Å². The molecule has 428 valence electrons. The van der Waals surface area contributed by atoms with Gasteiger partial charge in [0.05, 0.1) is 25.4 Å². The number of aliphatic hydroxyl groups is 7. The first-order valence-corrected chi connectivity index (χ1v) is 31.1. The van der Waals surface area contributed by atoms with Crippen LogP contribution in [-0.4, -0.2) is 110 Å². The molecule has 11 nitrogen and oxygen atoms in total. The molecule has 1 rings (SSSR count). The maximum Gasteiger partial charge on any atom is 0.249 e. The highest BCUT2D eigenvalue weighted by atomic mass is 16.7. The average molecular weight is 1030 g/mol. The Kier molecular flexibility index (Phi) is 48.4. The monoisotopic (exact) mass is 1030 g/mol. The lowest BCUT2D eigenvalue weighted by Crippen LogP contribution is -2.60. The second kappa shape index (κ2) is 50.7. The quantitative estimate of drug-likeness (QED) is 0.0215. The number of ether oxygens (including phenoxy) is 2. The Bertz CT molecular complexity index is 1180. The van der Waals surface area contributed by atoms with E-state index in [9.17, 15) is 40.5 Å². The Morgan fingerprint density at radius 3 is 1.19 bits per heavy atom. The molecule has 1 aliphatic heterocycles. The van der Waals surface area contributed by atoms with Crippen LogP contribution >= 0.6 is 0 Å². The average Bonchev–Trinajstić information content (AvgIpc) is 3.38. The molecule has 0 aliphatic carbocycles. The second-order valence-corrected chi connectivity index (χ2v) is 22.1. The van der Waals surface area contributed by atoms with Crippen LogP contribution in [0.4, 0.5) is 0 Å². The van der Waals surface area contributed by atoms with Crippen molar-refractivity contribution in [3.8, 4) is 0 Å². The Balaban J connectivity index is 2.26. The molecule has 1 amide bonds. The van der Waals surface area contributed by atoms with Gasteiger partial charge >= 0.3 is 0 Å². The van der Waals surface area contributed by atoms with Gasteiger partial charge in [0.2, 0.25) is 5.91 Å². The number of carbonyl (C=O) groups is 1. The van der Waals surface area contributed by atoms with Gasteiger partial charge in [-0.05, 0) is 38.5 Å². The van der Waals surface area contributed by atoms with Crippen LogP contribution in [0.1, 0.15) is 303 Å². The van der Waals surface area contributed by atoms with E-state index in [1.807, 2.05) is 0 Å². The van der Waals surface area contributed by atoms with E-state index in [4.69, 9.17) is 9.47 Å². The van der Waals surface area contributed by atoms with Gasteiger partial charge in [-0.1, -0.05) is 276 Å². The Morgan fingerprint density at radius 2 is 0.819 bits per heavy atom. The number of unbranched alkanes of at least 4 members (excludes halogenated alkanes) is 40. The molecule has 0 aromatic heterocycles. The number of rotatable bonds is 54. The van der Waals surface area contributed by atoms with Crippen LogP contribution in [-0.2, 0) is 14.3 Å². The van der Waals surface area contributed by atoms with Crippen LogP contribution in [0.2, 0.25) is 0 Å². The lowest BCUT2D eigenvalue weighted by molar-refractivity contribution is -0.303. The Morgan fingerprint density at radius 1 is 0.472 bits per heavy atom. The zero-order valence-electron chi connectivity index (χ0n) is 46.9. The standard InChI is InChI=1S/C61H119NO10/c1-3-5-7-9-11-13-15-17-19-21-22-23-24-25-26-27-28-29-30-31-33-34-36-38-40-42-44-46-48-53(64)56(66)52(51-71-61-59(69)58(68)57(67)55(50-63)72-61)62-60(70)54(65)49-47-45-43-41-39-37-35-32-20-18-16-14-12-10-8-6-4-2/h40,42,52-59,61,63-69H,3-39,41,43-51H2,1-2H3,(H,62,70)/b42-40+. The third-order valence-electron chi connectivity index (χ3n) is 15.3. The number of hydrogen-bond acceptors (Lipinski definition) is 10. The van der Waals surface area contributed by atoms with E-state index in [1.54, 1.807) is 0 Å². The summed E-state index contributed by atoms with van der Waals surface area (Å²) in [6.07, 6.45) is 48.5.